The quantitative estimate of drug-likeness (QED) is 0.712. The maximum atomic E-state index is 12.0. The standard InChI is InChI=1S/C12H18N2O6/c1-12(7-19-3,5-10(15)16)13-11(17)9-4-8(6-18-2)20-14-9/h4H,5-7H2,1-3H3,(H,13,17)(H,15,16). The Kier molecular flexibility index (Phi) is 5.66. The van der Waals surface area contributed by atoms with Crippen LogP contribution in [0, 0.1) is 0 Å². The molecule has 1 aromatic rings. The van der Waals surface area contributed by atoms with Gasteiger partial charge in [-0.05, 0) is 6.92 Å². The van der Waals surface area contributed by atoms with Crippen molar-refractivity contribution in [2.45, 2.75) is 25.5 Å². The molecule has 1 heterocycles. The van der Waals surface area contributed by atoms with Crippen LogP contribution in [0.25, 0.3) is 0 Å². The van der Waals surface area contributed by atoms with Crippen molar-refractivity contribution in [1.82, 2.24) is 10.5 Å². The number of carboxylic acid groups (broad SMARTS) is 1. The fourth-order valence-electron chi connectivity index (χ4n) is 1.75. The highest BCUT2D eigenvalue weighted by Crippen LogP contribution is 2.13. The van der Waals surface area contributed by atoms with E-state index in [1.54, 1.807) is 6.92 Å². The molecule has 0 fully saturated rings. The molecule has 1 atom stereocenters. The largest absolute Gasteiger partial charge is 0.481 e. The van der Waals surface area contributed by atoms with Gasteiger partial charge in [-0.25, -0.2) is 0 Å². The van der Waals surface area contributed by atoms with E-state index < -0.39 is 17.4 Å². The SMILES string of the molecule is COCc1cc(C(=O)NC(C)(COC)CC(=O)O)no1. The number of nitrogens with one attached hydrogen (secondary N) is 1. The lowest BCUT2D eigenvalue weighted by Gasteiger charge is -2.27. The molecule has 8 nitrogen and oxygen atoms in total. The van der Waals surface area contributed by atoms with Crippen molar-refractivity contribution >= 4 is 11.9 Å². The monoisotopic (exact) mass is 286 g/mol. The van der Waals surface area contributed by atoms with Crippen LogP contribution < -0.4 is 5.32 Å². The molecule has 0 aliphatic rings. The third-order valence-corrected chi connectivity index (χ3v) is 2.50. The number of amides is 1. The van der Waals surface area contributed by atoms with E-state index >= 15 is 0 Å². The molecule has 1 amide bonds. The zero-order valence-electron chi connectivity index (χ0n) is 11.6. The number of carbonyl (C=O) groups excluding carboxylic acids is 1. The van der Waals surface area contributed by atoms with Gasteiger partial charge in [-0.3, -0.25) is 9.59 Å². The maximum Gasteiger partial charge on any atom is 0.305 e. The average Bonchev–Trinajstić information content (AvgIpc) is 2.76. The van der Waals surface area contributed by atoms with Crippen molar-refractivity contribution in [3.8, 4) is 0 Å². The first-order chi connectivity index (χ1) is 9.40. The molecule has 0 spiro atoms. The van der Waals surface area contributed by atoms with E-state index in [-0.39, 0.29) is 25.3 Å². The zero-order chi connectivity index (χ0) is 15.2. The number of hydrogen-bond donors (Lipinski definition) is 2. The summed E-state index contributed by atoms with van der Waals surface area (Å²) in [5, 5.41) is 15.1. The summed E-state index contributed by atoms with van der Waals surface area (Å²) in [5.41, 5.74) is -0.970. The van der Waals surface area contributed by atoms with Crippen molar-refractivity contribution in [3.05, 3.63) is 17.5 Å². The molecular weight excluding hydrogens is 268 g/mol. The Labute approximate surface area is 116 Å². The van der Waals surface area contributed by atoms with Gasteiger partial charge in [0.1, 0.15) is 6.61 Å². The van der Waals surface area contributed by atoms with E-state index in [0.29, 0.717) is 5.76 Å². The molecule has 0 saturated heterocycles. The Morgan fingerprint density at radius 1 is 1.45 bits per heavy atom. The van der Waals surface area contributed by atoms with Crippen molar-refractivity contribution in [3.63, 3.8) is 0 Å². The summed E-state index contributed by atoms with van der Waals surface area (Å²) in [7, 11) is 2.92. The highest BCUT2D eigenvalue weighted by atomic mass is 16.5. The van der Waals surface area contributed by atoms with Gasteiger partial charge < -0.3 is 24.4 Å². The van der Waals surface area contributed by atoms with E-state index in [4.69, 9.17) is 19.1 Å². The molecule has 1 unspecified atom stereocenters. The Balaban J connectivity index is 2.76. The summed E-state index contributed by atoms with van der Waals surface area (Å²) in [6.45, 7) is 1.84. The molecule has 2 N–H and O–H groups in total. The fourth-order valence-corrected chi connectivity index (χ4v) is 1.75. The molecule has 1 rings (SSSR count). The minimum absolute atomic E-state index is 0.0600. The summed E-state index contributed by atoms with van der Waals surface area (Å²) in [6.07, 6.45) is -0.268. The minimum Gasteiger partial charge on any atom is -0.481 e. The van der Waals surface area contributed by atoms with Crippen LogP contribution in [0.1, 0.15) is 29.6 Å². The van der Waals surface area contributed by atoms with E-state index in [9.17, 15) is 9.59 Å². The summed E-state index contributed by atoms with van der Waals surface area (Å²) >= 11 is 0. The van der Waals surface area contributed by atoms with Crippen LogP contribution in [0.5, 0.6) is 0 Å². The molecule has 20 heavy (non-hydrogen) atoms. The lowest BCUT2D eigenvalue weighted by molar-refractivity contribution is -0.139. The van der Waals surface area contributed by atoms with Gasteiger partial charge in [-0.15, -0.1) is 0 Å². The van der Waals surface area contributed by atoms with Gasteiger partial charge in [-0.2, -0.15) is 0 Å². The second-order valence-electron chi connectivity index (χ2n) is 4.63. The Bertz CT molecular complexity index is 472. The summed E-state index contributed by atoms with van der Waals surface area (Å²) in [4.78, 5) is 22.9. The van der Waals surface area contributed by atoms with Crippen LogP contribution in [0.2, 0.25) is 0 Å². The molecule has 0 aliphatic heterocycles. The third kappa shape index (κ3) is 4.63. The average molecular weight is 286 g/mol. The first kappa shape index (κ1) is 16.1. The maximum absolute atomic E-state index is 12.0. The van der Waals surface area contributed by atoms with Gasteiger partial charge in [0.05, 0.1) is 18.6 Å². The lowest BCUT2D eigenvalue weighted by atomic mass is 9.98. The number of methoxy groups -OCH3 is 2. The van der Waals surface area contributed by atoms with E-state index in [2.05, 4.69) is 10.5 Å². The molecule has 0 bridgehead atoms. The first-order valence-corrected chi connectivity index (χ1v) is 5.88. The second kappa shape index (κ2) is 7.01. The van der Waals surface area contributed by atoms with Crippen LogP contribution >= 0.6 is 0 Å². The number of hydrogen-bond acceptors (Lipinski definition) is 6. The minimum atomic E-state index is -1.04. The molecule has 8 heteroatoms. The summed E-state index contributed by atoms with van der Waals surface area (Å²) < 4.78 is 14.7. The number of ether oxygens (including phenoxy) is 2. The van der Waals surface area contributed by atoms with E-state index in [1.165, 1.54) is 20.3 Å². The number of rotatable bonds is 8. The molecule has 112 valence electrons. The van der Waals surface area contributed by atoms with Crippen molar-refractivity contribution < 1.29 is 28.7 Å². The topological polar surface area (TPSA) is 111 Å². The number of nitrogens with zero attached hydrogens (tertiary/aromatic N) is 1. The predicted molar refractivity (Wildman–Crippen MR) is 67.2 cm³/mol. The Morgan fingerprint density at radius 2 is 2.15 bits per heavy atom. The van der Waals surface area contributed by atoms with Crippen LogP contribution in [-0.2, 0) is 20.9 Å². The van der Waals surface area contributed by atoms with E-state index in [1.807, 2.05) is 0 Å². The highest BCUT2D eigenvalue weighted by Gasteiger charge is 2.30. The number of aliphatic carboxylic acids is 1. The second-order valence-corrected chi connectivity index (χ2v) is 4.63. The van der Waals surface area contributed by atoms with Gasteiger partial charge in [0, 0.05) is 20.3 Å². The summed E-state index contributed by atoms with van der Waals surface area (Å²) in [6, 6.07) is 1.44. The molecular formula is C12H18N2O6. The summed E-state index contributed by atoms with van der Waals surface area (Å²) in [5.74, 6) is -1.16. The zero-order valence-corrected chi connectivity index (χ0v) is 11.6. The molecule has 0 saturated carbocycles. The molecule has 0 radical (unpaired) electrons. The van der Waals surface area contributed by atoms with E-state index in [0.717, 1.165) is 0 Å². The van der Waals surface area contributed by atoms with Crippen LogP contribution in [-0.4, -0.2) is 48.5 Å². The predicted octanol–water partition coefficient (Wildman–Crippen LogP) is 0.431. The van der Waals surface area contributed by atoms with Crippen molar-refractivity contribution in [2.75, 3.05) is 20.8 Å². The Hall–Kier alpha value is -1.93. The third-order valence-electron chi connectivity index (χ3n) is 2.50. The first-order valence-electron chi connectivity index (χ1n) is 5.88. The fraction of sp³-hybridized carbons (Fsp3) is 0.583. The van der Waals surface area contributed by atoms with Gasteiger partial charge >= 0.3 is 5.97 Å². The van der Waals surface area contributed by atoms with Crippen LogP contribution in [0.15, 0.2) is 10.6 Å². The van der Waals surface area contributed by atoms with Gasteiger partial charge in [0.2, 0.25) is 0 Å². The lowest BCUT2D eigenvalue weighted by Crippen LogP contribution is -2.50. The Morgan fingerprint density at radius 3 is 2.70 bits per heavy atom. The smallest absolute Gasteiger partial charge is 0.305 e. The van der Waals surface area contributed by atoms with Crippen LogP contribution in [0.4, 0.5) is 0 Å². The molecule has 1 aromatic heterocycles. The number of carbonyl (C=O) groups is 2. The normalized spacial score (nSPS) is 13.8. The number of aromatic nitrogens is 1. The van der Waals surface area contributed by atoms with Gasteiger partial charge in [-0.1, -0.05) is 5.16 Å². The molecule has 0 aromatic carbocycles. The van der Waals surface area contributed by atoms with Crippen molar-refractivity contribution in [2.24, 2.45) is 0 Å². The van der Waals surface area contributed by atoms with Gasteiger partial charge in [0.15, 0.2) is 11.5 Å². The van der Waals surface area contributed by atoms with Crippen molar-refractivity contribution in [1.29, 1.82) is 0 Å². The van der Waals surface area contributed by atoms with Crippen LogP contribution in [0.3, 0.4) is 0 Å². The highest BCUT2D eigenvalue weighted by molar-refractivity contribution is 5.93. The van der Waals surface area contributed by atoms with Gasteiger partial charge in [0.25, 0.3) is 5.91 Å². The molecule has 0 aliphatic carbocycles. The number of carboxylic acids is 1.